The average Bonchev–Trinajstić information content (AvgIpc) is 3.60. The Morgan fingerprint density at radius 2 is 1.95 bits per heavy atom. The summed E-state index contributed by atoms with van der Waals surface area (Å²) < 4.78 is 1.93. The van der Waals surface area contributed by atoms with Gasteiger partial charge >= 0.3 is 0 Å². The summed E-state index contributed by atoms with van der Waals surface area (Å²) >= 11 is 0. The number of rotatable bonds is 8. The highest BCUT2D eigenvalue weighted by molar-refractivity contribution is 5.92. The number of aryl methyl sites for hydroxylation is 1. The first-order valence-corrected chi connectivity index (χ1v) is 16.3. The average molecular weight is 567 g/mol. The first-order valence-electron chi connectivity index (χ1n) is 16.3. The maximum Gasteiger partial charge on any atom is 0.158 e. The number of likely N-dealkylation sites (tertiary alicyclic amines) is 2. The number of piperidine rings is 2. The van der Waals surface area contributed by atoms with Crippen LogP contribution < -0.4 is 0 Å². The second-order valence-corrected chi connectivity index (χ2v) is 14.0. The summed E-state index contributed by atoms with van der Waals surface area (Å²) in [6.45, 7) is 24.2. The van der Waals surface area contributed by atoms with Crippen LogP contribution in [-0.4, -0.2) is 62.1 Å². The maximum atomic E-state index is 4.52. The predicted molar refractivity (Wildman–Crippen MR) is 175 cm³/mol. The van der Waals surface area contributed by atoms with Crippen molar-refractivity contribution in [1.29, 1.82) is 0 Å². The first kappa shape index (κ1) is 29.0. The Kier molecular flexibility index (Phi) is 7.95. The summed E-state index contributed by atoms with van der Waals surface area (Å²) in [5.74, 6) is 0.996. The molecule has 2 saturated heterocycles. The Hall–Kier alpha value is -3.12. The Balaban J connectivity index is 1.20. The lowest BCUT2D eigenvalue weighted by Gasteiger charge is -2.39. The van der Waals surface area contributed by atoms with Gasteiger partial charge < -0.3 is 14.8 Å². The number of fused-ring (bicyclic) bond motifs is 2. The van der Waals surface area contributed by atoms with Crippen LogP contribution in [0.3, 0.4) is 0 Å². The maximum absolute atomic E-state index is 4.52. The van der Waals surface area contributed by atoms with Gasteiger partial charge in [0.05, 0.1) is 5.69 Å². The summed E-state index contributed by atoms with van der Waals surface area (Å²) in [7, 11) is 0. The lowest BCUT2D eigenvalue weighted by atomic mass is 9.84. The van der Waals surface area contributed by atoms with E-state index in [4.69, 9.17) is 0 Å². The fourth-order valence-corrected chi connectivity index (χ4v) is 7.83. The number of nitrogens with one attached hydrogen (secondary N) is 1. The summed E-state index contributed by atoms with van der Waals surface area (Å²) in [6, 6.07) is 7.18. The van der Waals surface area contributed by atoms with E-state index in [9.17, 15) is 0 Å². The van der Waals surface area contributed by atoms with Crippen molar-refractivity contribution in [1.82, 2.24) is 29.4 Å². The van der Waals surface area contributed by atoms with E-state index in [1.54, 1.807) is 6.33 Å². The number of H-pyrrole nitrogens is 1. The molecular weight excluding hydrogens is 516 g/mol. The molecular formula is C36H50N6. The number of benzene rings is 1. The molecule has 4 aromatic rings. The third kappa shape index (κ3) is 5.50. The molecule has 0 amide bonds. The highest BCUT2D eigenvalue weighted by atomic mass is 15.3. The molecule has 6 nitrogen and oxygen atoms in total. The van der Waals surface area contributed by atoms with E-state index in [0.717, 1.165) is 38.1 Å². The third-order valence-electron chi connectivity index (χ3n) is 10.1. The minimum absolute atomic E-state index is 0.399. The molecule has 3 aromatic heterocycles. The summed E-state index contributed by atoms with van der Waals surface area (Å²) in [5, 5.41) is 5.85. The number of nitrogens with zero attached hydrogens (tertiary/aromatic N) is 5. The molecule has 2 aliphatic rings. The normalized spacial score (nSPS) is 18.5. The van der Waals surface area contributed by atoms with Crippen molar-refractivity contribution in [3.05, 3.63) is 65.3 Å². The number of aromatic nitrogens is 4. The van der Waals surface area contributed by atoms with Crippen molar-refractivity contribution in [3.63, 3.8) is 0 Å². The summed E-state index contributed by atoms with van der Waals surface area (Å²) in [4.78, 5) is 13.6. The van der Waals surface area contributed by atoms with Crippen LogP contribution in [0.15, 0.2) is 43.0 Å². The molecule has 6 heteroatoms. The SMILES string of the molecule is C=C(CCN1CCCC(C)(C)C1)N1CCC(c2ccc3[nH]c(-c4cn5ncnc5c(C)c4CC)c(C(C)C)c3c2)CC1. The van der Waals surface area contributed by atoms with Gasteiger partial charge in [0.25, 0.3) is 0 Å². The molecule has 1 aromatic carbocycles. The van der Waals surface area contributed by atoms with E-state index >= 15 is 0 Å². The van der Waals surface area contributed by atoms with E-state index in [1.807, 2.05) is 4.52 Å². The molecule has 2 aliphatic heterocycles. The third-order valence-corrected chi connectivity index (χ3v) is 10.1. The van der Waals surface area contributed by atoms with Gasteiger partial charge in [-0.05, 0) is 104 Å². The minimum Gasteiger partial charge on any atom is -0.375 e. The predicted octanol–water partition coefficient (Wildman–Crippen LogP) is 8.08. The molecule has 6 rings (SSSR count). The van der Waals surface area contributed by atoms with E-state index in [1.165, 1.54) is 88.9 Å². The van der Waals surface area contributed by atoms with Crippen LogP contribution >= 0.6 is 0 Å². The number of aromatic amines is 1. The van der Waals surface area contributed by atoms with Crippen molar-refractivity contribution in [2.75, 3.05) is 32.7 Å². The second kappa shape index (κ2) is 11.5. The zero-order chi connectivity index (χ0) is 29.6. The highest BCUT2D eigenvalue weighted by Gasteiger charge is 2.28. The first-order chi connectivity index (χ1) is 20.1. The molecule has 2 fully saturated rings. The van der Waals surface area contributed by atoms with E-state index in [0.29, 0.717) is 17.3 Å². The van der Waals surface area contributed by atoms with Gasteiger partial charge in [-0.1, -0.05) is 47.3 Å². The summed E-state index contributed by atoms with van der Waals surface area (Å²) in [6.07, 6.45) is 10.9. The fourth-order valence-electron chi connectivity index (χ4n) is 7.83. The molecule has 0 unspecified atom stereocenters. The zero-order valence-corrected chi connectivity index (χ0v) is 26.8. The van der Waals surface area contributed by atoms with Crippen molar-refractivity contribution in [2.45, 2.75) is 91.9 Å². The zero-order valence-electron chi connectivity index (χ0n) is 26.8. The van der Waals surface area contributed by atoms with Gasteiger partial charge in [0, 0.05) is 54.5 Å². The Morgan fingerprint density at radius 1 is 1.17 bits per heavy atom. The Morgan fingerprint density at radius 3 is 2.67 bits per heavy atom. The van der Waals surface area contributed by atoms with Crippen molar-refractivity contribution >= 4 is 16.6 Å². The van der Waals surface area contributed by atoms with Crippen LogP contribution in [-0.2, 0) is 6.42 Å². The van der Waals surface area contributed by atoms with Gasteiger partial charge in [-0.25, -0.2) is 9.50 Å². The number of pyridine rings is 1. The van der Waals surface area contributed by atoms with Crippen LogP contribution in [0.2, 0.25) is 0 Å². The Labute approximate surface area is 252 Å². The molecule has 0 atom stereocenters. The number of hydrogen-bond acceptors (Lipinski definition) is 4. The molecule has 224 valence electrons. The molecule has 5 heterocycles. The van der Waals surface area contributed by atoms with Crippen LogP contribution in [0, 0.1) is 12.3 Å². The topological polar surface area (TPSA) is 52.5 Å². The lowest BCUT2D eigenvalue weighted by Crippen LogP contribution is -2.41. The van der Waals surface area contributed by atoms with Crippen molar-refractivity contribution in [2.24, 2.45) is 5.41 Å². The number of hydrogen-bond donors (Lipinski definition) is 1. The molecule has 1 N–H and O–H groups in total. The largest absolute Gasteiger partial charge is 0.375 e. The van der Waals surface area contributed by atoms with Gasteiger partial charge in [-0.15, -0.1) is 0 Å². The van der Waals surface area contributed by atoms with Crippen molar-refractivity contribution in [3.8, 4) is 11.3 Å². The minimum atomic E-state index is 0.399. The van der Waals surface area contributed by atoms with E-state index in [2.05, 4.69) is 97.4 Å². The quantitative estimate of drug-likeness (QED) is 0.234. The smallest absolute Gasteiger partial charge is 0.158 e. The second-order valence-electron chi connectivity index (χ2n) is 14.0. The molecule has 0 radical (unpaired) electrons. The van der Waals surface area contributed by atoms with E-state index in [-0.39, 0.29) is 0 Å². The fraction of sp³-hybridized carbons (Fsp3) is 0.556. The molecule has 0 saturated carbocycles. The van der Waals surface area contributed by atoms with Crippen molar-refractivity contribution < 1.29 is 0 Å². The monoisotopic (exact) mass is 566 g/mol. The lowest BCUT2D eigenvalue weighted by molar-refractivity contribution is 0.116. The van der Waals surface area contributed by atoms with Gasteiger partial charge in [0.2, 0.25) is 0 Å². The van der Waals surface area contributed by atoms with Gasteiger partial charge in [0.15, 0.2) is 5.65 Å². The van der Waals surface area contributed by atoms with Crippen LogP contribution in [0.1, 0.15) is 101 Å². The Bertz CT molecular complexity index is 1580. The van der Waals surface area contributed by atoms with E-state index < -0.39 is 0 Å². The molecule has 0 bridgehead atoms. The van der Waals surface area contributed by atoms with Crippen LogP contribution in [0.25, 0.3) is 27.8 Å². The highest BCUT2D eigenvalue weighted by Crippen LogP contribution is 2.40. The van der Waals surface area contributed by atoms with Crippen LogP contribution in [0.4, 0.5) is 0 Å². The standard InChI is InChI=1S/C36H50N6/c1-8-29-26(5)35-37-23-38-42(35)21-31(29)34-33(24(2)3)30-20-28(10-11-32(30)39-34)27-13-18-41(19-14-27)25(4)12-17-40-16-9-15-36(6,7)22-40/h10-11,20-21,23-24,27,39H,4,8-9,12-19,22H2,1-3,5-7H3. The molecule has 0 aliphatic carbocycles. The van der Waals surface area contributed by atoms with Gasteiger partial charge in [0.1, 0.15) is 6.33 Å². The van der Waals surface area contributed by atoms with Gasteiger partial charge in [-0.3, -0.25) is 0 Å². The van der Waals surface area contributed by atoms with Gasteiger partial charge in [-0.2, -0.15) is 5.10 Å². The van der Waals surface area contributed by atoms with Crippen LogP contribution in [0.5, 0.6) is 0 Å². The molecule has 42 heavy (non-hydrogen) atoms. The summed E-state index contributed by atoms with van der Waals surface area (Å²) in [5.41, 5.74) is 11.9. The molecule has 0 spiro atoms.